The maximum absolute atomic E-state index is 2.42. The lowest BCUT2D eigenvalue weighted by atomic mass is 9.56. The van der Waals surface area contributed by atoms with Gasteiger partial charge in [0.2, 0.25) is 0 Å². The van der Waals surface area contributed by atoms with Gasteiger partial charge >= 0.3 is 0 Å². The molecule has 0 fully saturated rings. The molecule has 48 heavy (non-hydrogen) atoms. The molecule has 0 saturated heterocycles. The molecule has 0 spiro atoms. The molecule has 1 nitrogen and oxygen atoms in total. The molecular weight excluding hydrogens is 579 g/mol. The summed E-state index contributed by atoms with van der Waals surface area (Å²) in [6.07, 6.45) is 0. The lowest BCUT2D eigenvalue weighted by molar-refractivity contribution is 0.542. The predicted octanol–water partition coefficient (Wildman–Crippen LogP) is 12.5. The molecule has 1 aliphatic rings. The van der Waals surface area contributed by atoms with Gasteiger partial charge in [0.05, 0.1) is 0 Å². The van der Waals surface area contributed by atoms with E-state index in [1.807, 2.05) is 0 Å². The fraction of sp³-hybridized carbons (Fsp3) is 0.106. The van der Waals surface area contributed by atoms with E-state index in [0.29, 0.717) is 0 Å². The van der Waals surface area contributed by atoms with E-state index in [0.717, 1.165) is 17.1 Å². The Kier molecular flexibility index (Phi) is 7.34. The molecule has 0 aromatic heterocycles. The van der Waals surface area contributed by atoms with Crippen molar-refractivity contribution >= 4 is 17.1 Å². The standard InChI is InChI=1S/C47H39N/c1-46(2)42-22-12-14-24-44(42)47(3,45-25-15-13-23-43(45)46)41-21-11-10-20-40(41)36-28-32-39(33-29-36)48(37-18-8-5-9-19-37)38-30-26-35(27-31-38)34-16-6-4-7-17-34/h4-33H,1-3H3. The molecule has 7 aromatic carbocycles. The van der Waals surface area contributed by atoms with Crippen LogP contribution in [0.15, 0.2) is 182 Å². The molecule has 0 saturated carbocycles. The summed E-state index contributed by atoms with van der Waals surface area (Å²) in [7, 11) is 0. The van der Waals surface area contributed by atoms with Crippen LogP contribution in [0.3, 0.4) is 0 Å². The summed E-state index contributed by atoms with van der Waals surface area (Å²) in [6.45, 7) is 7.15. The van der Waals surface area contributed by atoms with Crippen LogP contribution in [0.25, 0.3) is 22.3 Å². The third-order valence-electron chi connectivity index (χ3n) is 10.4. The minimum Gasteiger partial charge on any atom is -0.311 e. The Balaban J connectivity index is 1.22. The largest absolute Gasteiger partial charge is 0.311 e. The highest BCUT2D eigenvalue weighted by Gasteiger charge is 2.45. The SMILES string of the molecule is CC1(C)c2ccccc2C(C)(c2ccccc2-c2ccc(N(c3ccccc3)c3ccc(-c4ccccc4)cc3)cc2)c2ccccc21. The second kappa shape index (κ2) is 11.9. The van der Waals surface area contributed by atoms with Crippen LogP contribution in [0.2, 0.25) is 0 Å². The van der Waals surface area contributed by atoms with Crippen LogP contribution in [0, 0.1) is 0 Å². The Morgan fingerprint density at radius 3 is 1.23 bits per heavy atom. The number of nitrogens with zero attached hydrogens (tertiary/aromatic N) is 1. The zero-order valence-corrected chi connectivity index (χ0v) is 27.8. The molecule has 7 aromatic rings. The van der Waals surface area contributed by atoms with E-state index in [2.05, 4.69) is 208 Å². The van der Waals surface area contributed by atoms with Gasteiger partial charge in [-0.2, -0.15) is 0 Å². The molecule has 0 amide bonds. The van der Waals surface area contributed by atoms with E-state index >= 15 is 0 Å². The Morgan fingerprint density at radius 1 is 0.312 bits per heavy atom. The first kappa shape index (κ1) is 29.7. The average molecular weight is 618 g/mol. The topological polar surface area (TPSA) is 3.24 Å². The van der Waals surface area contributed by atoms with Crippen molar-refractivity contribution in [1.82, 2.24) is 0 Å². The highest BCUT2D eigenvalue weighted by atomic mass is 15.1. The number of hydrogen-bond acceptors (Lipinski definition) is 1. The van der Waals surface area contributed by atoms with Crippen molar-refractivity contribution in [3.05, 3.63) is 210 Å². The zero-order valence-electron chi connectivity index (χ0n) is 27.8. The van der Waals surface area contributed by atoms with Gasteiger partial charge in [-0.05, 0) is 93.4 Å². The minimum atomic E-state index is -0.311. The van der Waals surface area contributed by atoms with Gasteiger partial charge in [-0.3, -0.25) is 0 Å². The maximum Gasteiger partial charge on any atom is 0.0462 e. The van der Waals surface area contributed by atoms with Crippen molar-refractivity contribution in [1.29, 1.82) is 0 Å². The number of para-hydroxylation sites is 1. The van der Waals surface area contributed by atoms with Crippen molar-refractivity contribution < 1.29 is 0 Å². The summed E-state index contributed by atoms with van der Waals surface area (Å²) in [6, 6.07) is 66.3. The molecule has 0 bridgehead atoms. The molecule has 0 heterocycles. The van der Waals surface area contributed by atoms with E-state index < -0.39 is 0 Å². The molecule has 0 atom stereocenters. The van der Waals surface area contributed by atoms with Crippen LogP contribution in [0.4, 0.5) is 17.1 Å². The monoisotopic (exact) mass is 617 g/mol. The summed E-state index contributed by atoms with van der Waals surface area (Å²) in [5, 5.41) is 0. The number of hydrogen-bond donors (Lipinski definition) is 0. The van der Waals surface area contributed by atoms with E-state index in [-0.39, 0.29) is 10.8 Å². The van der Waals surface area contributed by atoms with Crippen LogP contribution in [0.5, 0.6) is 0 Å². The molecular formula is C47H39N. The fourth-order valence-corrected chi connectivity index (χ4v) is 7.93. The Hall–Kier alpha value is -5.66. The molecule has 8 rings (SSSR count). The molecule has 1 aliphatic carbocycles. The number of rotatable bonds is 6. The first-order valence-electron chi connectivity index (χ1n) is 16.9. The van der Waals surface area contributed by atoms with Crippen LogP contribution in [-0.4, -0.2) is 0 Å². The summed E-state index contributed by atoms with van der Waals surface area (Å²) in [4.78, 5) is 2.33. The Labute approximate surface area is 284 Å². The van der Waals surface area contributed by atoms with Crippen molar-refractivity contribution in [2.75, 3.05) is 4.90 Å². The molecule has 0 radical (unpaired) electrons. The normalized spacial score (nSPS) is 14.1. The number of benzene rings is 7. The molecule has 232 valence electrons. The van der Waals surface area contributed by atoms with E-state index in [1.165, 1.54) is 50.1 Å². The van der Waals surface area contributed by atoms with Crippen LogP contribution < -0.4 is 4.90 Å². The smallest absolute Gasteiger partial charge is 0.0462 e. The lowest BCUT2D eigenvalue weighted by Gasteiger charge is -2.46. The number of anilines is 3. The predicted molar refractivity (Wildman–Crippen MR) is 203 cm³/mol. The van der Waals surface area contributed by atoms with E-state index in [9.17, 15) is 0 Å². The van der Waals surface area contributed by atoms with E-state index in [1.54, 1.807) is 0 Å². The van der Waals surface area contributed by atoms with Gasteiger partial charge < -0.3 is 4.90 Å². The van der Waals surface area contributed by atoms with Gasteiger partial charge in [0.25, 0.3) is 0 Å². The van der Waals surface area contributed by atoms with Crippen LogP contribution >= 0.6 is 0 Å². The highest BCUT2D eigenvalue weighted by Crippen LogP contribution is 2.54. The Bertz CT molecular complexity index is 2140. The molecule has 0 aliphatic heterocycles. The van der Waals surface area contributed by atoms with Crippen molar-refractivity contribution in [3.63, 3.8) is 0 Å². The second-order valence-electron chi connectivity index (χ2n) is 13.5. The van der Waals surface area contributed by atoms with Gasteiger partial charge in [-0.1, -0.05) is 159 Å². The third kappa shape index (κ3) is 4.86. The summed E-state index contributed by atoms with van der Waals surface area (Å²) >= 11 is 0. The third-order valence-corrected chi connectivity index (χ3v) is 10.4. The van der Waals surface area contributed by atoms with Crippen LogP contribution in [-0.2, 0) is 10.8 Å². The van der Waals surface area contributed by atoms with Crippen molar-refractivity contribution in [2.24, 2.45) is 0 Å². The van der Waals surface area contributed by atoms with Gasteiger partial charge in [0, 0.05) is 27.9 Å². The average Bonchev–Trinajstić information content (AvgIpc) is 3.16. The summed E-state index contributed by atoms with van der Waals surface area (Å²) in [5.41, 5.74) is 14.8. The molecule has 0 unspecified atom stereocenters. The highest BCUT2D eigenvalue weighted by molar-refractivity contribution is 5.81. The lowest BCUT2D eigenvalue weighted by Crippen LogP contribution is -2.39. The zero-order chi connectivity index (χ0) is 32.7. The second-order valence-corrected chi connectivity index (χ2v) is 13.5. The summed E-state index contributed by atoms with van der Waals surface area (Å²) < 4.78 is 0. The molecule has 0 N–H and O–H groups in total. The Morgan fingerprint density at radius 2 is 0.688 bits per heavy atom. The first-order valence-corrected chi connectivity index (χ1v) is 16.9. The first-order chi connectivity index (χ1) is 23.5. The maximum atomic E-state index is 2.42. The summed E-state index contributed by atoms with van der Waals surface area (Å²) in [5.74, 6) is 0. The van der Waals surface area contributed by atoms with Gasteiger partial charge in [-0.15, -0.1) is 0 Å². The van der Waals surface area contributed by atoms with Crippen molar-refractivity contribution in [2.45, 2.75) is 31.6 Å². The van der Waals surface area contributed by atoms with Gasteiger partial charge in [0.15, 0.2) is 0 Å². The van der Waals surface area contributed by atoms with Crippen LogP contribution in [0.1, 0.15) is 48.6 Å². The van der Waals surface area contributed by atoms with Gasteiger partial charge in [0.1, 0.15) is 0 Å². The minimum absolute atomic E-state index is 0.0799. The van der Waals surface area contributed by atoms with Crippen molar-refractivity contribution in [3.8, 4) is 22.3 Å². The van der Waals surface area contributed by atoms with Gasteiger partial charge in [-0.25, -0.2) is 0 Å². The van der Waals surface area contributed by atoms with E-state index in [4.69, 9.17) is 0 Å². The molecule has 1 heteroatoms. The number of fused-ring (bicyclic) bond motifs is 2. The fourth-order valence-electron chi connectivity index (χ4n) is 7.93. The quantitative estimate of drug-likeness (QED) is 0.179.